The lowest BCUT2D eigenvalue weighted by atomic mass is 9.96. The SMILES string of the molecule is CC(C)(C)c1nnc(SCC(=O)Nc2cc([N+](=O)[O-])ccc2F)n1N. The van der Waals surface area contributed by atoms with Crippen LogP contribution < -0.4 is 11.2 Å². The molecule has 11 heteroatoms. The van der Waals surface area contributed by atoms with E-state index in [0.717, 1.165) is 30.0 Å². The molecule has 1 aromatic heterocycles. The Morgan fingerprint density at radius 1 is 1.44 bits per heavy atom. The molecule has 25 heavy (non-hydrogen) atoms. The maximum atomic E-state index is 13.7. The first kappa shape index (κ1) is 18.6. The van der Waals surface area contributed by atoms with Gasteiger partial charge in [-0.2, -0.15) is 0 Å². The highest BCUT2D eigenvalue weighted by Crippen LogP contribution is 2.24. The van der Waals surface area contributed by atoms with Crippen LogP contribution in [0.3, 0.4) is 0 Å². The van der Waals surface area contributed by atoms with Gasteiger partial charge in [-0.05, 0) is 6.07 Å². The summed E-state index contributed by atoms with van der Waals surface area (Å²) >= 11 is 1.02. The summed E-state index contributed by atoms with van der Waals surface area (Å²) in [5.74, 6) is 5.04. The summed E-state index contributed by atoms with van der Waals surface area (Å²) < 4.78 is 15.0. The van der Waals surface area contributed by atoms with Crippen molar-refractivity contribution in [2.24, 2.45) is 0 Å². The molecule has 0 bridgehead atoms. The number of thioether (sulfide) groups is 1. The molecule has 3 N–H and O–H groups in total. The second-order valence-electron chi connectivity index (χ2n) is 6.18. The van der Waals surface area contributed by atoms with E-state index >= 15 is 0 Å². The van der Waals surface area contributed by atoms with E-state index < -0.39 is 16.6 Å². The number of amides is 1. The van der Waals surface area contributed by atoms with Crippen LogP contribution in [0.4, 0.5) is 15.8 Å². The number of hydrogen-bond donors (Lipinski definition) is 2. The van der Waals surface area contributed by atoms with E-state index in [1.807, 2.05) is 20.8 Å². The number of carbonyl (C=O) groups excluding carboxylic acids is 1. The summed E-state index contributed by atoms with van der Waals surface area (Å²) in [6, 6.07) is 2.90. The number of anilines is 1. The lowest BCUT2D eigenvalue weighted by Gasteiger charge is -2.16. The van der Waals surface area contributed by atoms with Gasteiger partial charge < -0.3 is 11.2 Å². The number of nitrogen functional groups attached to an aromatic ring is 1. The minimum Gasteiger partial charge on any atom is -0.336 e. The molecule has 1 heterocycles. The zero-order chi connectivity index (χ0) is 18.8. The first-order valence-electron chi connectivity index (χ1n) is 7.17. The summed E-state index contributed by atoms with van der Waals surface area (Å²) in [5.41, 5.74) is -0.889. The van der Waals surface area contributed by atoms with Gasteiger partial charge in [0.05, 0.1) is 16.4 Å². The molecule has 1 amide bonds. The largest absolute Gasteiger partial charge is 0.336 e. The molecule has 1 aromatic carbocycles. The predicted molar refractivity (Wildman–Crippen MR) is 91.3 cm³/mol. The minimum atomic E-state index is -0.763. The van der Waals surface area contributed by atoms with Gasteiger partial charge in [0, 0.05) is 17.5 Å². The summed E-state index contributed by atoms with van der Waals surface area (Å²) in [6.45, 7) is 5.77. The fourth-order valence-corrected chi connectivity index (χ4v) is 2.58. The number of carbonyl (C=O) groups is 1. The van der Waals surface area contributed by atoms with E-state index in [1.54, 1.807) is 0 Å². The number of halogens is 1. The van der Waals surface area contributed by atoms with Gasteiger partial charge in [-0.3, -0.25) is 14.9 Å². The van der Waals surface area contributed by atoms with E-state index in [0.29, 0.717) is 11.0 Å². The van der Waals surface area contributed by atoms with Gasteiger partial charge in [0.25, 0.3) is 5.69 Å². The van der Waals surface area contributed by atoms with Crippen LogP contribution in [0.1, 0.15) is 26.6 Å². The number of nitro benzene ring substituents is 1. The van der Waals surface area contributed by atoms with Crippen molar-refractivity contribution in [3.05, 3.63) is 40.0 Å². The lowest BCUT2D eigenvalue weighted by molar-refractivity contribution is -0.384. The Labute approximate surface area is 146 Å². The molecule has 0 atom stereocenters. The molecule has 134 valence electrons. The molecule has 0 saturated heterocycles. The highest BCUT2D eigenvalue weighted by atomic mass is 32.2. The zero-order valence-corrected chi connectivity index (χ0v) is 14.6. The first-order valence-corrected chi connectivity index (χ1v) is 8.15. The van der Waals surface area contributed by atoms with Crippen molar-refractivity contribution in [2.45, 2.75) is 31.3 Å². The average Bonchev–Trinajstić information content (AvgIpc) is 2.88. The number of nitro groups is 1. The standard InChI is InChI=1S/C14H17FN6O3S/c1-14(2,3)12-18-19-13(20(12)16)25-7-11(22)17-10-6-8(21(23)24)4-5-9(10)15/h4-6H,7,16H2,1-3H3,(H,17,22). The van der Waals surface area contributed by atoms with Gasteiger partial charge in [0.2, 0.25) is 11.1 Å². The fourth-order valence-electron chi connectivity index (χ4n) is 1.93. The normalized spacial score (nSPS) is 11.4. The Morgan fingerprint density at radius 2 is 2.12 bits per heavy atom. The number of nitrogens with zero attached hydrogens (tertiary/aromatic N) is 4. The molecular formula is C14H17FN6O3S. The highest BCUT2D eigenvalue weighted by Gasteiger charge is 2.23. The Morgan fingerprint density at radius 3 is 2.68 bits per heavy atom. The second kappa shape index (κ2) is 7.05. The molecule has 2 rings (SSSR count). The van der Waals surface area contributed by atoms with Crippen LogP contribution in [-0.2, 0) is 10.2 Å². The smallest absolute Gasteiger partial charge is 0.271 e. The molecule has 0 fully saturated rings. The molecule has 0 aliphatic heterocycles. The van der Waals surface area contributed by atoms with Crippen molar-refractivity contribution in [1.29, 1.82) is 0 Å². The quantitative estimate of drug-likeness (QED) is 0.358. The molecule has 0 spiro atoms. The van der Waals surface area contributed by atoms with Crippen molar-refractivity contribution in [2.75, 3.05) is 16.9 Å². The molecular weight excluding hydrogens is 351 g/mol. The van der Waals surface area contributed by atoms with Gasteiger partial charge in [-0.25, -0.2) is 9.07 Å². The van der Waals surface area contributed by atoms with E-state index in [-0.39, 0.29) is 22.5 Å². The third kappa shape index (κ3) is 4.44. The Bertz CT molecular complexity index is 817. The maximum absolute atomic E-state index is 13.7. The monoisotopic (exact) mass is 368 g/mol. The van der Waals surface area contributed by atoms with E-state index in [1.165, 1.54) is 4.68 Å². The van der Waals surface area contributed by atoms with Crippen LogP contribution >= 0.6 is 11.8 Å². The van der Waals surface area contributed by atoms with Crippen molar-refractivity contribution in [3.8, 4) is 0 Å². The number of aromatic nitrogens is 3. The fraction of sp³-hybridized carbons (Fsp3) is 0.357. The van der Waals surface area contributed by atoms with Crippen molar-refractivity contribution < 1.29 is 14.1 Å². The van der Waals surface area contributed by atoms with Crippen LogP contribution in [0.5, 0.6) is 0 Å². The van der Waals surface area contributed by atoms with Crippen molar-refractivity contribution in [3.63, 3.8) is 0 Å². The van der Waals surface area contributed by atoms with Gasteiger partial charge >= 0.3 is 0 Å². The molecule has 0 saturated carbocycles. The summed E-state index contributed by atoms with van der Waals surface area (Å²) in [7, 11) is 0. The van der Waals surface area contributed by atoms with Gasteiger partial charge in [-0.15, -0.1) is 10.2 Å². The molecule has 0 aliphatic carbocycles. The van der Waals surface area contributed by atoms with Crippen LogP contribution in [0.25, 0.3) is 0 Å². The summed E-state index contributed by atoms with van der Waals surface area (Å²) in [6.07, 6.45) is 0. The van der Waals surface area contributed by atoms with Crippen molar-refractivity contribution >= 4 is 29.0 Å². The first-order chi connectivity index (χ1) is 11.6. The van der Waals surface area contributed by atoms with Gasteiger partial charge in [-0.1, -0.05) is 32.5 Å². The molecule has 0 aliphatic rings. The number of rotatable bonds is 5. The van der Waals surface area contributed by atoms with Crippen LogP contribution in [0.2, 0.25) is 0 Å². The Kier molecular flexibility index (Phi) is 5.26. The number of nitrogens with one attached hydrogen (secondary N) is 1. The molecule has 0 unspecified atom stereocenters. The van der Waals surface area contributed by atoms with Crippen LogP contribution in [0.15, 0.2) is 23.4 Å². The van der Waals surface area contributed by atoms with Gasteiger partial charge in [0.1, 0.15) is 5.82 Å². The molecule has 0 radical (unpaired) electrons. The summed E-state index contributed by atoms with van der Waals surface area (Å²) in [4.78, 5) is 22.0. The van der Waals surface area contributed by atoms with E-state index in [2.05, 4.69) is 15.5 Å². The van der Waals surface area contributed by atoms with E-state index in [9.17, 15) is 19.3 Å². The molecule has 2 aromatic rings. The maximum Gasteiger partial charge on any atom is 0.271 e. The predicted octanol–water partition coefficient (Wildman–Crippen LogP) is 2.07. The average molecular weight is 368 g/mol. The third-order valence-corrected chi connectivity index (χ3v) is 4.05. The van der Waals surface area contributed by atoms with Crippen molar-refractivity contribution in [1.82, 2.24) is 14.9 Å². The number of benzene rings is 1. The third-order valence-electron chi connectivity index (χ3n) is 3.10. The summed E-state index contributed by atoms with van der Waals surface area (Å²) in [5, 5.41) is 21.3. The zero-order valence-electron chi connectivity index (χ0n) is 13.8. The second-order valence-corrected chi connectivity index (χ2v) is 7.13. The highest BCUT2D eigenvalue weighted by molar-refractivity contribution is 7.99. The minimum absolute atomic E-state index is 0.110. The number of non-ortho nitro benzene ring substituents is 1. The number of hydrogen-bond acceptors (Lipinski definition) is 7. The van der Waals surface area contributed by atoms with Crippen LogP contribution in [0, 0.1) is 15.9 Å². The topological polar surface area (TPSA) is 129 Å². The number of nitrogens with two attached hydrogens (primary N) is 1. The lowest BCUT2D eigenvalue weighted by Crippen LogP contribution is -2.24. The Balaban J connectivity index is 2.04. The Hall–Kier alpha value is -2.69. The van der Waals surface area contributed by atoms with E-state index in [4.69, 9.17) is 5.84 Å². The molecule has 9 nitrogen and oxygen atoms in total. The van der Waals surface area contributed by atoms with Gasteiger partial charge in [0.15, 0.2) is 5.82 Å². The van der Waals surface area contributed by atoms with Crippen LogP contribution in [-0.4, -0.2) is 31.5 Å².